The lowest BCUT2D eigenvalue weighted by atomic mass is 9.94. The number of aliphatic hydroxyl groups is 1. The van der Waals surface area contributed by atoms with Crippen LogP contribution in [0.3, 0.4) is 0 Å². The second-order valence-corrected chi connectivity index (χ2v) is 9.87. The van der Waals surface area contributed by atoms with E-state index in [-0.39, 0.29) is 21.9 Å². The van der Waals surface area contributed by atoms with Gasteiger partial charge in [0.25, 0.3) is 5.78 Å². The highest BCUT2D eigenvalue weighted by Gasteiger charge is 2.48. The predicted molar refractivity (Wildman–Crippen MR) is 139 cm³/mol. The van der Waals surface area contributed by atoms with Gasteiger partial charge in [0.2, 0.25) is 0 Å². The molecule has 6 nitrogen and oxygen atoms in total. The number of carbonyl (C=O) groups excluding carboxylic acids is 2. The van der Waals surface area contributed by atoms with E-state index in [1.54, 1.807) is 25.3 Å². The molecule has 5 rings (SSSR count). The number of thiazole rings is 1. The molecule has 1 amide bonds. The van der Waals surface area contributed by atoms with Gasteiger partial charge in [-0.25, -0.2) is 4.98 Å². The molecule has 1 aliphatic rings. The standard InChI is InChI=1S/C26H18Cl2N2O4S/c1-13-4-3-5-14(10-13)22-21(23(31)15-6-8-17(27)18(28)11-15)24(32)25(33)30(22)26-29-19-9-7-16(34-2)12-20(19)35-26/h3-12,22,31H,1-2H3/b23-21+. The maximum atomic E-state index is 13.4. The first-order valence-electron chi connectivity index (χ1n) is 10.6. The normalized spacial score (nSPS) is 17.4. The molecule has 9 heteroatoms. The molecular weight excluding hydrogens is 507 g/mol. The molecule has 0 saturated carbocycles. The fourth-order valence-electron chi connectivity index (χ4n) is 4.11. The molecule has 1 unspecified atom stereocenters. The molecule has 1 saturated heterocycles. The van der Waals surface area contributed by atoms with Gasteiger partial charge in [-0.2, -0.15) is 0 Å². The maximum Gasteiger partial charge on any atom is 0.301 e. The van der Waals surface area contributed by atoms with Gasteiger partial charge in [0.05, 0.1) is 39.0 Å². The van der Waals surface area contributed by atoms with Crippen LogP contribution in [0.25, 0.3) is 16.0 Å². The first-order chi connectivity index (χ1) is 16.8. The number of rotatable bonds is 4. The molecule has 0 bridgehead atoms. The van der Waals surface area contributed by atoms with Crippen molar-refractivity contribution in [1.82, 2.24) is 4.98 Å². The Hall–Kier alpha value is -3.39. The number of amides is 1. The largest absolute Gasteiger partial charge is 0.507 e. The van der Waals surface area contributed by atoms with E-state index < -0.39 is 17.7 Å². The Morgan fingerprint density at radius 1 is 1.06 bits per heavy atom. The SMILES string of the molecule is COc1ccc2nc(N3C(=O)C(=O)/C(=C(/O)c4ccc(Cl)c(Cl)c4)C3c3cccc(C)c3)sc2c1. The quantitative estimate of drug-likeness (QED) is 0.186. The van der Waals surface area contributed by atoms with Crippen molar-refractivity contribution >= 4 is 67.3 Å². The Kier molecular flexibility index (Phi) is 6.01. The number of fused-ring (bicyclic) bond motifs is 1. The van der Waals surface area contributed by atoms with Gasteiger partial charge in [-0.3, -0.25) is 14.5 Å². The zero-order valence-corrected chi connectivity index (χ0v) is 20.9. The topological polar surface area (TPSA) is 79.7 Å². The smallest absolute Gasteiger partial charge is 0.301 e. The summed E-state index contributed by atoms with van der Waals surface area (Å²) in [4.78, 5) is 32.7. The van der Waals surface area contributed by atoms with Crippen LogP contribution in [0.5, 0.6) is 5.75 Å². The number of hydrogen-bond acceptors (Lipinski definition) is 6. The molecule has 1 aliphatic heterocycles. The van der Waals surface area contributed by atoms with Crippen LogP contribution in [-0.2, 0) is 9.59 Å². The van der Waals surface area contributed by atoms with Crippen LogP contribution in [0.15, 0.2) is 66.2 Å². The number of halogens is 2. The van der Waals surface area contributed by atoms with E-state index in [1.807, 2.05) is 37.3 Å². The van der Waals surface area contributed by atoms with Crippen molar-refractivity contribution in [1.29, 1.82) is 0 Å². The Bertz CT molecular complexity index is 1550. The first kappa shape index (κ1) is 23.4. The first-order valence-corrected chi connectivity index (χ1v) is 12.1. The minimum atomic E-state index is -0.883. The Labute approximate surface area is 215 Å². The Morgan fingerprint density at radius 2 is 1.86 bits per heavy atom. The number of hydrogen-bond donors (Lipinski definition) is 1. The number of ether oxygens (including phenoxy) is 1. The molecule has 1 N–H and O–H groups in total. The average Bonchev–Trinajstić information content (AvgIpc) is 3.38. The van der Waals surface area contributed by atoms with Crippen molar-refractivity contribution in [3.05, 3.63) is 93.0 Å². The predicted octanol–water partition coefficient (Wildman–Crippen LogP) is 6.55. The number of aromatic nitrogens is 1. The highest BCUT2D eigenvalue weighted by Crippen LogP contribution is 2.45. The third-order valence-electron chi connectivity index (χ3n) is 5.79. The molecule has 0 aliphatic carbocycles. The van der Waals surface area contributed by atoms with Gasteiger partial charge < -0.3 is 9.84 Å². The van der Waals surface area contributed by atoms with Crippen LogP contribution < -0.4 is 9.64 Å². The molecule has 0 radical (unpaired) electrons. The van der Waals surface area contributed by atoms with Gasteiger partial charge in [0.1, 0.15) is 11.5 Å². The lowest BCUT2D eigenvalue weighted by Crippen LogP contribution is -2.29. The van der Waals surface area contributed by atoms with Gasteiger partial charge in [0, 0.05) is 5.56 Å². The van der Waals surface area contributed by atoms with Crippen LogP contribution in [0, 0.1) is 6.92 Å². The molecule has 2 heterocycles. The van der Waals surface area contributed by atoms with E-state index >= 15 is 0 Å². The van der Waals surface area contributed by atoms with E-state index in [0.29, 0.717) is 27.0 Å². The number of ketones is 1. The molecule has 3 aromatic carbocycles. The summed E-state index contributed by atoms with van der Waals surface area (Å²) in [7, 11) is 1.57. The van der Waals surface area contributed by atoms with Crippen LogP contribution in [0.4, 0.5) is 5.13 Å². The van der Waals surface area contributed by atoms with Crippen molar-refractivity contribution in [2.24, 2.45) is 0 Å². The average molecular weight is 525 g/mol. The van der Waals surface area contributed by atoms with E-state index in [4.69, 9.17) is 27.9 Å². The Morgan fingerprint density at radius 3 is 2.57 bits per heavy atom. The van der Waals surface area contributed by atoms with Gasteiger partial charge >= 0.3 is 5.91 Å². The lowest BCUT2D eigenvalue weighted by Gasteiger charge is -2.23. The number of aryl methyl sites for hydroxylation is 1. The van der Waals surface area contributed by atoms with Crippen molar-refractivity contribution in [2.45, 2.75) is 13.0 Å². The van der Waals surface area contributed by atoms with Gasteiger partial charge in [0.15, 0.2) is 5.13 Å². The van der Waals surface area contributed by atoms with Crippen LogP contribution in [0.2, 0.25) is 10.0 Å². The summed E-state index contributed by atoms with van der Waals surface area (Å²) in [6.07, 6.45) is 0. The van der Waals surface area contributed by atoms with Crippen molar-refractivity contribution in [3.63, 3.8) is 0 Å². The third-order valence-corrected chi connectivity index (χ3v) is 7.54. The van der Waals surface area contributed by atoms with Crippen LogP contribution >= 0.6 is 34.5 Å². The minimum Gasteiger partial charge on any atom is -0.507 e. The van der Waals surface area contributed by atoms with Crippen LogP contribution in [0.1, 0.15) is 22.7 Å². The highest BCUT2D eigenvalue weighted by molar-refractivity contribution is 7.22. The highest BCUT2D eigenvalue weighted by atomic mass is 35.5. The van der Waals surface area contributed by atoms with E-state index in [1.165, 1.54) is 28.4 Å². The molecule has 1 aromatic heterocycles. The number of aliphatic hydroxyl groups excluding tert-OH is 1. The zero-order valence-electron chi connectivity index (χ0n) is 18.6. The molecule has 4 aromatic rings. The number of benzene rings is 3. The molecular formula is C26H18Cl2N2O4S. The minimum absolute atomic E-state index is 0.0455. The summed E-state index contributed by atoms with van der Waals surface area (Å²) in [5, 5.41) is 12.1. The number of carbonyl (C=O) groups is 2. The van der Waals surface area contributed by atoms with Crippen molar-refractivity contribution in [2.75, 3.05) is 12.0 Å². The molecule has 1 atom stereocenters. The number of methoxy groups -OCH3 is 1. The lowest BCUT2D eigenvalue weighted by molar-refractivity contribution is -0.132. The fourth-order valence-corrected chi connectivity index (χ4v) is 5.43. The summed E-state index contributed by atoms with van der Waals surface area (Å²) in [5.41, 5.74) is 2.51. The molecule has 176 valence electrons. The summed E-state index contributed by atoms with van der Waals surface area (Å²) in [6.45, 7) is 1.92. The van der Waals surface area contributed by atoms with E-state index in [9.17, 15) is 14.7 Å². The Balaban J connectivity index is 1.73. The number of nitrogens with zero attached hydrogens (tertiary/aromatic N) is 2. The van der Waals surface area contributed by atoms with Crippen molar-refractivity contribution < 1.29 is 19.4 Å². The monoisotopic (exact) mass is 524 g/mol. The van der Waals surface area contributed by atoms with E-state index in [2.05, 4.69) is 4.98 Å². The van der Waals surface area contributed by atoms with Gasteiger partial charge in [-0.1, -0.05) is 64.4 Å². The molecule has 0 spiro atoms. The fraction of sp³-hybridized carbons (Fsp3) is 0.115. The third kappa shape index (κ3) is 4.05. The summed E-state index contributed by atoms with van der Waals surface area (Å²) >= 11 is 13.4. The van der Waals surface area contributed by atoms with Gasteiger partial charge in [-0.15, -0.1) is 0 Å². The molecule has 35 heavy (non-hydrogen) atoms. The number of anilines is 1. The molecule has 1 fully saturated rings. The van der Waals surface area contributed by atoms with Crippen molar-refractivity contribution in [3.8, 4) is 5.75 Å². The number of Topliss-reactive ketones (excluding diaryl/α,β-unsaturated/α-hetero) is 1. The van der Waals surface area contributed by atoms with Crippen LogP contribution in [-0.4, -0.2) is 28.9 Å². The maximum absolute atomic E-state index is 13.4. The summed E-state index contributed by atoms with van der Waals surface area (Å²) in [5.74, 6) is -1.26. The zero-order chi connectivity index (χ0) is 24.9. The van der Waals surface area contributed by atoms with Gasteiger partial charge in [-0.05, 0) is 48.9 Å². The van der Waals surface area contributed by atoms with E-state index in [0.717, 1.165) is 10.3 Å². The summed E-state index contributed by atoms with van der Waals surface area (Å²) in [6, 6.07) is 16.5. The second kappa shape index (κ2) is 9.00. The summed E-state index contributed by atoms with van der Waals surface area (Å²) < 4.78 is 6.10. The second-order valence-electron chi connectivity index (χ2n) is 8.04.